The number of nitrogens with one attached hydrogen (secondary N) is 1. The van der Waals surface area contributed by atoms with Crippen LogP contribution in [0.3, 0.4) is 0 Å². The molecule has 0 bridgehead atoms. The molecular weight excluding hydrogens is 270 g/mol. The molecule has 0 unspecified atom stereocenters. The second kappa shape index (κ2) is 5.26. The van der Waals surface area contributed by atoms with Gasteiger partial charge in [-0.2, -0.15) is 0 Å². The minimum absolute atomic E-state index is 0.0998. The van der Waals surface area contributed by atoms with Crippen molar-refractivity contribution in [2.75, 3.05) is 19.3 Å². The largest absolute Gasteiger partial charge is 0.319 e. The Bertz CT molecular complexity index is 668. The topological polar surface area (TPSA) is 46.2 Å². The van der Waals surface area contributed by atoms with Crippen LogP contribution in [0.4, 0.5) is 0 Å². The molecule has 2 aromatic carbocycles. The molecule has 0 amide bonds. The molecule has 96 valence electrons. The lowest BCUT2D eigenvalue weighted by Crippen LogP contribution is -2.19. The molecular formula is C13H14ClNO2S. The first kappa shape index (κ1) is 13.3. The van der Waals surface area contributed by atoms with Crippen LogP contribution in [-0.2, 0) is 9.84 Å². The van der Waals surface area contributed by atoms with Gasteiger partial charge in [-0.1, -0.05) is 23.7 Å². The maximum atomic E-state index is 12.0. The summed E-state index contributed by atoms with van der Waals surface area (Å²) in [5.74, 6) is 0.0998. The van der Waals surface area contributed by atoms with Crippen LogP contribution >= 0.6 is 11.6 Å². The number of halogens is 1. The van der Waals surface area contributed by atoms with Crippen molar-refractivity contribution < 1.29 is 8.42 Å². The minimum Gasteiger partial charge on any atom is -0.319 e. The molecule has 0 aliphatic rings. The zero-order valence-corrected chi connectivity index (χ0v) is 11.6. The van der Waals surface area contributed by atoms with E-state index in [-0.39, 0.29) is 5.75 Å². The SMILES string of the molecule is CNCCS(=O)(=O)c1ccc2cc(Cl)ccc2c1. The summed E-state index contributed by atoms with van der Waals surface area (Å²) >= 11 is 5.89. The zero-order valence-electron chi connectivity index (χ0n) is 9.98. The first-order valence-corrected chi connectivity index (χ1v) is 7.62. The predicted molar refractivity (Wildman–Crippen MR) is 74.9 cm³/mol. The number of hydrogen-bond acceptors (Lipinski definition) is 3. The highest BCUT2D eigenvalue weighted by Gasteiger charge is 2.13. The highest BCUT2D eigenvalue weighted by molar-refractivity contribution is 7.91. The van der Waals surface area contributed by atoms with Gasteiger partial charge < -0.3 is 5.32 Å². The fourth-order valence-electron chi connectivity index (χ4n) is 1.74. The van der Waals surface area contributed by atoms with E-state index in [9.17, 15) is 8.42 Å². The molecule has 0 aliphatic carbocycles. The van der Waals surface area contributed by atoms with Gasteiger partial charge in [-0.05, 0) is 42.1 Å². The first-order valence-electron chi connectivity index (χ1n) is 5.59. The standard InChI is InChI=1S/C13H14ClNO2S/c1-15-6-7-18(16,17)13-5-3-10-8-12(14)4-2-11(10)9-13/h2-5,8-9,15H,6-7H2,1H3. The fraction of sp³-hybridized carbons (Fsp3) is 0.231. The van der Waals surface area contributed by atoms with Crippen LogP contribution in [0, 0.1) is 0 Å². The Morgan fingerprint density at radius 2 is 1.78 bits per heavy atom. The molecule has 2 aromatic rings. The summed E-state index contributed by atoms with van der Waals surface area (Å²) in [6, 6.07) is 10.5. The van der Waals surface area contributed by atoms with E-state index in [1.165, 1.54) is 0 Å². The third-order valence-corrected chi connectivity index (χ3v) is 4.70. The first-order chi connectivity index (χ1) is 8.53. The van der Waals surface area contributed by atoms with E-state index in [0.717, 1.165) is 10.8 Å². The summed E-state index contributed by atoms with van der Waals surface area (Å²) in [6.45, 7) is 0.445. The van der Waals surface area contributed by atoms with Crippen molar-refractivity contribution >= 4 is 32.2 Å². The van der Waals surface area contributed by atoms with Crippen LogP contribution in [-0.4, -0.2) is 27.8 Å². The Kier molecular flexibility index (Phi) is 3.90. The number of rotatable bonds is 4. The summed E-state index contributed by atoms with van der Waals surface area (Å²) < 4.78 is 24.1. The Labute approximate surface area is 112 Å². The van der Waals surface area contributed by atoms with Crippen LogP contribution in [0.5, 0.6) is 0 Å². The second-order valence-corrected chi connectivity index (χ2v) is 6.62. The third-order valence-electron chi connectivity index (χ3n) is 2.75. The lowest BCUT2D eigenvalue weighted by molar-refractivity contribution is 0.593. The van der Waals surface area contributed by atoms with Gasteiger partial charge in [0.25, 0.3) is 0 Å². The highest BCUT2D eigenvalue weighted by Crippen LogP contribution is 2.23. The van der Waals surface area contributed by atoms with Gasteiger partial charge in [-0.15, -0.1) is 0 Å². The molecule has 0 aliphatic heterocycles. The number of sulfone groups is 1. The van der Waals surface area contributed by atoms with Crippen LogP contribution in [0.15, 0.2) is 41.3 Å². The molecule has 2 rings (SSSR count). The fourth-order valence-corrected chi connectivity index (χ4v) is 3.21. The van der Waals surface area contributed by atoms with E-state index in [4.69, 9.17) is 11.6 Å². The summed E-state index contributed by atoms with van der Waals surface area (Å²) in [5, 5.41) is 5.31. The predicted octanol–water partition coefficient (Wildman–Crippen LogP) is 2.49. The number of hydrogen-bond donors (Lipinski definition) is 1. The molecule has 3 nitrogen and oxygen atoms in total. The van der Waals surface area contributed by atoms with Gasteiger partial charge in [0.05, 0.1) is 10.6 Å². The average molecular weight is 284 g/mol. The van der Waals surface area contributed by atoms with E-state index >= 15 is 0 Å². The molecule has 0 fully saturated rings. The van der Waals surface area contributed by atoms with Crippen molar-refractivity contribution in [3.63, 3.8) is 0 Å². The Morgan fingerprint density at radius 1 is 1.11 bits per heavy atom. The third kappa shape index (κ3) is 2.83. The van der Waals surface area contributed by atoms with Crippen molar-refractivity contribution in [1.82, 2.24) is 5.32 Å². The van der Waals surface area contributed by atoms with Crippen molar-refractivity contribution in [3.8, 4) is 0 Å². The molecule has 5 heteroatoms. The van der Waals surface area contributed by atoms with Crippen LogP contribution < -0.4 is 5.32 Å². The number of benzene rings is 2. The Morgan fingerprint density at radius 3 is 2.50 bits per heavy atom. The molecule has 0 atom stereocenters. The van der Waals surface area contributed by atoms with Gasteiger partial charge >= 0.3 is 0 Å². The summed E-state index contributed by atoms with van der Waals surface area (Å²) in [4.78, 5) is 0.354. The van der Waals surface area contributed by atoms with Crippen LogP contribution in [0.25, 0.3) is 10.8 Å². The molecule has 0 heterocycles. The highest BCUT2D eigenvalue weighted by atomic mass is 35.5. The summed E-state index contributed by atoms with van der Waals surface area (Å²) in [7, 11) is -1.49. The van der Waals surface area contributed by atoms with Gasteiger partial charge in [0, 0.05) is 11.6 Å². The smallest absolute Gasteiger partial charge is 0.179 e. The van der Waals surface area contributed by atoms with Crippen LogP contribution in [0.1, 0.15) is 0 Å². The lowest BCUT2D eigenvalue weighted by Gasteiger charge is -2.06. The van der Waals surface area contributed by atoms with Crippen molar-refractivity contribution in [2.24, 2.45) is 0 Å². The maximum absolute atomic E-state index is 12.0. The van der Waals surface area contributed by atoms with E-state index in [1.807, 2.05) is 12.1 Å². The van der Waals surface area contributed by atoms with Gasteiger partial charge in [0.15, 0.2) is 9.84 Å². The van der Waals surface area contributed by atoms with Gasteiger partial charge in [-0.3, -0.25) is 0 Å². The van der Waals surface area contributed by atoms with Gasteiger partial charge in [0.1, 0.15) is 0 Å². The molecule has 0 saturated carbocycles. The van der Waals surface area contributed by atoms with E-state index in [1.54, 1.807) is 31.3 Å². The second-order valence-electron chi connectivity index (χ2n) is 4.08. The van der Waals surface area contributed by atoms with Crippen LogP contribution in [0.2, 0.25) is 5.02 Å². The molecule has 0 aromatic heterocycles. The normalized spacial score (nSPS) is 11.9. The minimum atomic E-state index is -3.22. The lowest BCUT2D eigenvalue weighted by atomic mass is 10.1. The van der Waals surface area contributed by atoms with Crippen molar-refractivity contribution in [1.29, 1.82) is 0 Å². The molecule has 0 saturated heterocycles. The molecule has 0 spiro atoms. The molecule has 18 heavy (non-hydrogen) atoms. The van der Waals surface area contributed by atoms with E-state index < -0.39 is 9.84 Å². The Hall–Kier alpha value is -1.10. The van der Waals surface area contributed by atoms with Crippen molar-refractivity contribution in [3.05, 3.63) is 41.4 Å². The van der Waals surface area contributed by atoms with Gasteiger partial charge in [-0.25, -0.2) is 8.42 Å². The maximum Gasteiger partial charge on any atom is 0.179 e. The Balaban J connectivity index is 2.44. The zero-order chi connectivity index (χ0) is 13.2. The number of fused-ring (bicyclic) bond motifs is 1. The quantitative estimate of drug-likeness (QED) is 0.938. The van der Waals surface area contributed by atoms with E-state index in [2.05, 4.69) is 5.32 Å². The molecule has 1 N–H and O–H groups in total. The van der Waals surface area contributed by atoms with Gasteiger partial charge in [0.2, 0.25) is 0 Å². The monoisotopic (exact) mass is 283 g/mol. The summed E-state index contributed by atoms with van der Waals surface area (Å²) in [6.07, 6.45) is 0. The molecule has 0 radical (unpaired) electrons. The average Bonchev–Trinajstić information content (AvgIpc) is 2.35. The van der Waals surface area contributed by atoms with E-state index in [0.29, 0.717) is 16.5 Å². The summed E-state index contributed by atoms with van der Waals surface area (Å²) in [5.41, 5.74) is 0. The van der Waals surface area contributed by atoms with Crippen molar-refractivity contribution in [2.45, 2.75) is 4.90 Å².